The second-order valence-electron chi connectivity index (χ2n) is 3.41. The van der Waals surface area contributed by atoms with Gasteiger partial charge in [0, 0.05) is 4.47 Å². The largest absolute Gasteiger partial charge is 0.507 e. The van der Waals surface area contributed by atoms with Gasteiger partial charge in [-0.1, -0.05) is 15.9 Å². The maximum absolute atomic E-state index is 12.6. The highest BCUT2D eigenvalue weighted by Gasteiger charge is 2.40. The summed E-state index contributed by atoms with van der Waals surface area (Å²) in [6, 6.07) is 3.79. The van der Waals surface area contributed by atoms with E-state index in [4.69, 9.17) is 0 Å². The molecule has 0 aliphatic rings. The summed E-state index contributed by atoms with van der Waals surface area (Å²) >= 11 is 3.02. The summed E-state index contributed by atoms with van der Waals surface area (Å²) in [7, 11) is 0. The molecule has 0 aliphatic carbocycles. The summed E-state index contributed by atoms with van der Waals surface area (Å²) in [5, 5.41) is 11.0. The van der Waals surface area contributed by atoms with Crippen molar-refractivity contribution in [2.75, 3.05) is 6.54 Å². The van der Waals surface area contributed by atoms with Crippen LogP contribution in [-0.4, -0.2) is 29.9 Å². The minimum Gasteiger partial charge on any atom is -0.507 e. The monoisotopic (exact) mass is 329 g/mol. The number of hydrogen-bond acceptors (Lipinski definition) is 2. The highest BCUT2D eigenvalue weighted by molar-refractivity contribution is 9.10. The number of halogens is 5. The van der Waals surface area contributed by atoms with Crippen LogP contribution in [0.4, 0.5) is 17.6 Å². The first-order chi connectivity index (χ1) is 8.24. The molecule has 18 heavy (non-hydrogen) atoms. The Bertz CT molecular complexity index is 454. The zero-order valence-electron chi connectivity index (χ0n) is 8.76. The Labute approximate surface area is 108 Å². The van der Waals surface area contributed by atoms with E-state index in [1.165, 1.54) is 18.2 Å². The summed E-state index contributed by atoms with van der Waals surface area (Å²) < 4.78 is 49.3. The van der Waals surface area contributed by atoms with E-state index in [9.17, 15) is 27.5 Å². The van der Waals surface area contributed by atoms with E-state index < -0.39 is 30.5 Å². The van der Waals surface area contributed by atoms with Crippen LogP contribution in [0.5, 0.6) is 5.75 Å². The number of phenolic OH excluding ortho intramolecular Hbond substituents is 1. The third kappa shape index (κ3) is 3.59. The smallest absolute Gasteiger partial charge is 0.324 e. The van der Waals surface area contributed by atoms with Crippen molar-refractivity contribution in [3.63, 3.8) is 0 Å². The van der Waals surface area contributed by atoms with Crippen molar-refractivity contribution < 1.29 is 27.5 Å². The van der Waals surface area contributed by atoms with E-state index in [2.05, 4.69) is 15.9 Å². The molecule has 0 bridgehead atoms. The number of carbonyl (C=O) groups excluding carboxylic acids is 1. The fourth-order valence-corrected chi connectivity index (χ4v) is 1.42. The maximum Gasteiger partial charge on any atom is 0.324 e. The third-order valence-corrected chi connectivity index (χ3v) is 2.50. The molecule has 0 saturated carbocycles. The molecule has 100 valence electrons. The summed E-state index contributed by atoms with van der Waals surface area (Å²) in [6.07, 6.45) is -3.87. The molecule has 0 radical (unpaired) electrons. The van der Waals surface area contributed by atoms with Gasteiger partial charge in [-0.05, 0) is 18.2 Å². The molecule has 1 rings (SSSR count). The van der Waals surface area contributed by atoms with E-state index >= 15 is 0 Å². The quantitative estimate of drug-likeness (QED) is 0.834. The van der Waals surface area contributed by atoms with Gasteiger partial charge in [-0.15, -0.1) is 0 Å². The van der Waals surface area contributed by atoms with Crippen LogP contribution in [0.2, 0.25) is 0 Å². The molecule has 0 unspecified atom stereocenters. The third-order valence-electron chi connectivity index (χ3n) is 2.01. The second kappa shape index (κ2) is 5.55. The van der Waals surface area contributed by atoms with Gasteiger partial charge in [0.2, 0.25) is 0 Å². The summed E-state index contributed by atoms with van der Waals surface area (Å²) in [6.45, 7) is -1.50. The van der Waals surface area contributed by atoms with Crippen LogP contribution in [0.25, 0.3) is 0 Å². The molecule has 1 aromatic rings. The van der Waals surface area contributed by atoms with Crippen LogP contribution in [0.1, 0.15) is 10.4 Å². The second-order valence-corrected chi connectivity index (χ2v) is 4.32. The molecule has 0 saturated heterocycles. The fraction of sp³-hybridized carbons (Fsp3) is 0.300. The Morgan fingerprint density at radius 1 is 1.44 bits per heavy atom. The number of aromatic hydroxyl groups is 1. The molecule has 0 heterocycles. The van der Waals surface area contributed by atoms with Crippen molar-refractivity contribution in [1.82, 2.24) is 5.32 Å². The van der Waals surface area contributed by atoms with Crippen LogP contribution >= 0.6 is 15.9 Å². The molecule has 0 spiro atoms. The summed E-state index contributed by atoms with van der Waals surface area (Å²) in [5.41, 5.74) is -0.283. The van der Waals surface area contributed by atoms with E-state index in [0.29, 0.717) is 4.47 Å². The Kier molecular flexibility index (Phi) is 4.55. The zero-order chi connectivity index (χ0) is 13.9. The number of amides is 1. The maximum atomic E-state index is 12.6. The molecular weight excluding hydrogens is 322 g/mol. The van der Waals surface area contributed by atoms with E-state index in [1.807, 2.05) is 0 Å². The number of hydrogen-bond donors (Lipinski definition) is 2. The van der Waals surface area contributed by atoms with Crippen molar-refractivity contribution in [2.45, 2.75) is 12.3 Å². The molecule has 2 N–H and O–H groups in total. The van der Waals surface area contributed by atoms with Gasteiger partial charge in [0.1, 0.15) is 5.75 Å². The number of phenols is 1. The highest BCUT2D eigenvalue weighted by Crippen LogP contribution is 2.24. The minimum atomic E-state index is -4.31. The lowest BCUT2D eigenvalue weighted by molar-refractivity contribution is -0.123. The van der Waals surface area contributed by atoms with Crippen LogP contribution in [0, 0.1) is 0 Å². The average molecular weight is 330 g/mol. The van der Waals surface area contributed by atoms with Crippen LogP contribution in [-0.2, 0) is 0 Å². The van der Waals surface area contributed by atoms with Gasteiger partial charge in [-0.3, -0.25) is 4.79 Å². The first kappa shape index (κ1) is 14.7. The normalized spacial score (nSPS) is 11.7. The number of nitrogens with one attached hydrogen (secondary N) is 1. The first-order valence-corrected chi connectivity index (χ1v) is 5.46. The molecule has 3 nitrogen and oxygen atoms in total. The summed E-state index contributed by atoms with van der Waals surface area (Å²) in [4.78, 5) is 11.4. The topological polar surface area (TPSA) is 49.3 Å². The van der Waals surface area contributed by atoms with Crippen LogP contribution in [0.15, 0.2) is 22.7 Å². The van der Waals surface area contributed by atoms with Crippen molar-refractivity contribution >= 4 is 21.8 Å². The van der Waals surface area contributed by atoms with Gasteiger partial charge in [0.15, 0.2) is 0 Å². The van der Waals surface area contributed by atoms with Crippen molar-refractivity contribution in [3.8, 4) is 5.75 Å². The SMILES string of the molecule is O=C(NCC(F)(F)C(F)F)c1cc(Br)ccc1O. The molecule has 0 aromatic heterocycles. The number of benzene rings is 1. The molecule has 0 atom stereocenters. The van der Waals surface area contributed by atoms with Gasteiger partial charge < -0.3 is 10.4 Å². The average Bonchev–Trinajstić information content (AvgIpc) is 2.29. The summed E-state index contributed by atoms with van der Waals surface area (Å²) in [5.74, 6) is -5.80. The minimum absolute atomic E-state index is 0.283. The Balaban J connectivity index is 2.75. The van der Waals surface area contributed by atoms with Crippen LogP contribution < -0.4 is 5.32 Å². The van der Waals surface area contributed by atoms with Gasteiger partial charge in [-0.25, -0.2) is 8.78 Å². The van der Waals surface area contributed by atoms with Gasteiger partial charge in [0.05, 0.1) is 12.1 Å². The van der Waals surface area contributed by atoms with E-state index in [0.717, 1.165) is 0 Å². The Morgan fingerprint density at radius 2 is 2.06 bits per heavy atom. The lowest BCUT2D eigenvalue weighted by Crippen LogP contribution is -2.41. The predicted molar refractivity (Wildman–Crippen MR) is 59.1 cm³/mol. The molecule has 0 fully saturated rings. The van der Waals surface area contributed by atoms with E-state index in [-0.39, 0.29) is 5.56 Å². The predicted octanol–water partition coefficient (Wildman–Crippen LogP) is 2.78. The number of alkyl halides is 4. The van der Waals surface area contributed by atoms with E-state index in [1.54, 1.807) is 5.32 Å². The molecule has 1 aromatic carbocycles. The standard InChI is InChI=1S/C10H8BrF4NO2/c11-5-1-2-7(17)6(3-5)8(18)16-4-10(14,15)9(12)13/h1-3,9,17H,4H2,(H,16,18). The Morgan fingerprint density at radius 3 is 2.61 bits per heavy atom. The molecule has 8 heteroatoms. The first-order valence-electron chi connectivity index (χ1n) is 4.66. The number of carbonyl (C=O) groups is 1. The lowest BCUT2D eigenvalue weighted by Gasteiger charge is -2.16. The highest BCUT2D eigenvalue weighted by atomic mass is 79.9. The fourth-order valence-electron chi connectivity index (χ4n) is 1.06. The van der Waals surface area contributed by atoms with Crippen molar-refractivity contribution in [1.29, 1.82) is 0 Å². The van der Waals surface area contributed by atoms with Crippen LogP contribution in [0.3, 0.4) is 0 Å². The molecule has 0 aliphatic heterocycles. The lowest BCUT2D eigenvalue weighted by atomic mass is 10.2. The van der Waals surface area contributed by atoms with Gasteiger partial charge >= 0.3 is 12.3 Å². The van der Waals surface area contributed by atoms with Gasteiger partial charge in [-0.2, -0.15) is 8.78 Å². The molecular formula is C10H8BrF4NO2. The van der Waals surface area contributed by atoms with Crippen molar-refractivity contribution in [3.05, 3.63) is 28.2 Å². The molecule has 1 amide bonds. The zero-order valence-corrected chi connectivity index (χ0v) is 10.3. The Hall–Kier alpha value is -1.31. The van der Waals surface area contributed by atoms with Crippen molar-refractivity contribution in [2.24, 2.45) is 0 Å². The van der Waals surface area contributed by atoms with Gasteiger partial charge in [0.25, 0.3) is 5.91 Å². The number of rotatable bonds is 4.